The molecule has 0 aromatic heterocycles. The van der Waals surface area contributed by atoms with Crippen molar-refractivity contribution >= 4 is 29.3 Å². The summed E-state index contributed by atoms with van der Waals surface area (Å²) in [6.45, 7) is 3.68. The molecule has 0 fully saturated rings. The Labute approximate surface area is 174 Å². The van der Waals surface area contributed by atoms with Crippen LogP contribution in [0.5, 0.6) is 11.5 Å². The highest BCUT2D eigenvalue weighted by Gasteiger charge is 2.16. The minimum atomic E-state index is -0.619. The minimum Gasteiger partial charge on any atom is -0.493 e. The average molecular weight is 416 g/mol. The monoisotopic (exact) mass is 416 g/mol. The molecular formula is C21H24N2O7. The van der Waals surface area contributed by atoms with E-state index in [1.165, 1.54) is 32.4 Å². The van der Waals surface area contributed by atoms with Crippen LogP contribution in [0.1, 0.15) is 34.6 Å². The van der Waals surface area contributed by atoms with E-state index in [2.05, 4.69) is 10.6 Å². The fourth-order valence-corrected chi connectivity index (χ4v) is 2.57. The number of urea groups is 1. The van der Waals surface area contributed by atoms with Crippen molar-refractivity contribution < 1.29 is 33.3 Å². The summed E-state index contributed by atoms with van der Waals surface area (Å²) >= 11 is 0. The number of ether oxygens (including phenoxy) is 4. The summed E-state index contributed by atoms with van der Waals surface area (Å²) in [7, 11) is 2.99. The maximum absolute atomic E-state index is 12.4. The van der Waals surface area contributed by atoms with E-state index < -0.39 is 18.0 Å². The van der Waals surface area contributed by atoms with Crippen molar-refractivity contribution in [3.8, 4) is 11.5 Å². The second kappa shape index (κ2) is 10.7. The molecule has 0 bridgehead atoms. The molecule has 9 heteroatoms. The summed E-state index contributed by atoms with van der Waals surface area (Å²) in [5.74, 6) is -0.270. The smallest absolute Gasteiger partial charge is 0.338 e. The van der Waals surface area contributed by atoms with Gasteiger partial charge in [0.15, 0.2) is 11.5 Å². The molecule has 0 unspecified atom stereocenters. The Kier molecular flexibility index (Phi) is 8.04. The zero-order chi connectivity index (χ0) is 22.1. The number of rotatable bonds is 8. The first kappa shape index (κ1) is 22.5. The molecule has 160 valence electrons. The molecule has 0 radical (unpaired) electrons. The molecule has 0 saturated heterocycles. The summed E-state index contributed by atoms with van der Waals surface area (Å²) in [5.41, 5.74) is 0.909. The van der Waals surface area contributed by atoms with Gasteiger partial charge in [-0.25, -0.2) is 14.4 Å². The first-order chi connectivity index (χ1) is 14.4. The number of carbonyl (C=O) groups excluding carboxylic acids is 3. The van der Waals surface area contributed by atoms with Gasteiger partial charge >= 0.3 is 18.0 Å². The van der Waals surface area contributed by atoms with E-state index in [-0.39, 0.29) is 30.0 Å². The molecule has 2 aromatic carbocycles. The van der Waals surface area contributed by atoms with Crippen molar-refractivity contribution in [1.29, 1.82) is 0 Å². The standard InChI is InChI=1S/C21H24N2O7/c1-5-29-19(24)13-9-14(20(25)30-6-2)11-16(10-13)23-21(26)22-15-7-8-17(27-3)18(12-15)28-4/h7-12H,5-6H2,1-4H3,(H2,22,23,26). The Morgan fingerprint density at radius 2 is 1.27 bits per heavy atom. The van der Waals surface area contributed by atoms with E-state index in [4.69, 9.17) is 18.9 Å². The van der Waals surface area contributed by atoms with Gasteiger partial charge in [0.1, 0.15) is 0 Å². The van der Waals surface area contributed by atoms with Gasteiger partial charge < -0.3 is 29.6 Å². The summed E-state index contributed by atoms with van der Waals surface area (Å²) in [6, 6.07) is 8.47. The van der Waals surface area contributed by atoms with Gasteiger partial charge in [0, 0.05) is 17.4 Å². The topological polar surface area (TPSA) is 112 Å². The second-order valence-corrected chi connectivity index (χ2v) is 5.89. The summed E-state index contributed by atoms with van der Waals surface area (Å²) in [5, 5.41) is 5.24. The van der Waals surface area contributed by atoms with Gasteiger partial charge in [-0.2, -0.15) is 0 Å². The van der Waals surface area contributed by atoms with Crippen molar-refractivity contribution in [3.05, 3.63) is 47.5 Å². The molecule has 0 aliphatic carbocycles. The largest absolute Gasteiger partial charge is 0.493 e. The lowest BCUT2D eigenvalue weighted by molar-refractivity contribution is 0.0525. The molecule has 30 heavy (non-hydrogen) atoms. The van der Waals surface area contributed by atoms with Gasteiger partial charge in [0.05, 0.1) is 38.6 Å². The van der Waals surface area contributed by atoms with Crippen LogP contribution in [0.15, 0.2) is 36.4 Å². The first-order valence-electron chi connectivity index (χ1n) is 9.21. The summed E-state index contributed by atoms with van der Waals surface area (Å²) in [6.07, 6.45) is 0. The maximum Gasteiger partial charge on any atom is 0.338 e. The minimum absolute atomic E-state index is 0.115. The molecule has 2 N–H and O–H groups in total. The van der Waals surface area contributed by atoms with Gasteiger partial charge in [-0.1, -0.05) is 0 Å². The van der Waals surface area contributed by atoms with E-state index in [1.807, 2.05) is 0 Å². The van der Waals surface area contributed by atoms with Crippen LogP contribution in [-0.4, -0.2) is 45.4 Å². The van der Waals surface area contributed by atoms with E-state index in [9.17, 15) is 14.4 Å². The number of amides is 2. The van der Waals surface area contributed by atoms with Crippen molar-refractivity contribution in [2.24, 2.45) is 0 Å². The number of benzene rings is 2. The predicted octanol–water partition coefficient (Wildman–Crippen LogP) is 3.70. The lowest BCUT2D eigenvalue weighted by Crippen LogP contribution is -2.20. The molecule has 0 saturated carbocycles. The fourth-order valence-electron chi connectivity index (χ4n) is 2.57. The van der Waals surface area contributed by atoms with Gasteiger partial charge in [-0.3, -0.25) is 0 Å². The van der Waals surface area contributed by atoms with Gasteiger partial charge in [0.25, 0.3) is 0 Å². The van der Waals surface area contributed by atoms with Crippen LogP contribution in [0.2, 0.25) is 0 Å². The van der Waals surface area contributed by atoms with Crippen LogP contribution in [0.4, 0.5) is 16.2 Å². The highest BCUT2D eigenvalue weighted by molar-refractivity contribution is 6.03. The fraction of sp³-hybridized carbons (Fsp3) is 0.286. The Morgan fingerprint density at radius 3 is 1.77 bits per heavy atom. The number of hydrogen-bond acceptors (Lipinski definition) is 7. The Balaban J connectivity index is 2.24. The van der Waals surface area contributed by atoms with Gasteiger partial charge in [-0.15, -0.1) is 0 Å². The molecule has 0 atom stereocenters. The summed E-state index contributed by atoms with van der Waals surface area (Å²) < 4.78 is 20.3. The van der Waals surface area contributed by atoms with E-state index in [1.54, 1.807) is 32.0 Å². The number of esters is 2. The molecule has 2 amide bonds. The lowest BCUT2D eigenvalue weighted by Gasteiger charge is -2.13. The quantitative estimate of drug-likeness (QED) is 0.631. The third kappa shape index (κ3) is 5.87. The normalized spacial score (nSPS) is 10.0. The Morgan fingerprint density at radius 1 is 0.733 bits per heavy atom. The maximum atomic E-state index is 12.4. The number of carbonyl (C=O) groups is 3. The number of methoxy groups -OCH3 is 2. The zero-order valence-electron chi connectivity index (χ0n) is 17.2. The lowest BCUT2D eigenvalue weighted by atomic mass is 10.1. The van der Waals surface area contributed by atoms with E-state index in [0.717, 1.165) is 0 Å². The second-order valence-electron chi connectivity index (χ2n) is 5.89. The first-order valence-corrected chi connectivity index (χ1v) is 9.21. The number of hydrogen-bond donors (Lipinski definition) is 2. The van der Waals surface area contributed by atoms with Gasteiger partial charge in [0.2, 0.25) is 0 Å². The van der Waals surface area contributed by atoms with Crippen molar-refractivity contribution in [2.45, 2.75) is 13.8 Å². The van der Waals surface area contributed by atoms with E-state index in [0.29, 0.717) is 17.2 Å². The summed E-state index contributed by atoms with van der Waals surface area (Å²) in [4.78, 5) is 36.6. The highest BCUT2D eigenvalue weighted by Crippen LogP contribution is 2.29. The number of nitrogens with one attached hydrogen (secondary N) is 2. The molecule has 9 nitrogen and oxygen atoms in total. The zero-order valence-corrected chi connectivity index (χ0v) is 17.2. The van der Waals surface area contributed by atoms with Crippen molar-refractivity contribution in [2.75, 3.05) is 38.1 Å². The molecule has 0 aliphatic rings. The van der Waals surface area contributed by atoms with Crippen LogP contribution in [0, 0.1) is 0 Å². The molecule has 0 heterocycles. The van der Waals surface area contributed by atoms with E-state index >= 15 is 0 Å². The van der Waals surface area contributed by atoms with Crippen LogP contribution in [0.3, 0.4) is 0 Å². The molecule has 2 aromatic rings. The van der Waals surface area contributed by atoms with Crippen LogP contribution < -0.4 is 20.1 Å². The molecule has 2 rings (SSSR count). The van der Waals surface area contributed by atoms with Crippen molar-refractivity contribution in [3.63, 3.8) is 0 Å². The molecule has 0 aliphatic heterocycles. The van der Waals surface area contributed by atoms with Crippen LogP contribution >= 0.6 is 0 Å². The Bertz CT molecular complexity index is 891. The SMILES string of the molecule is CCOC(=O)c1cc(NC(=O)Nc2ccc(OC)c(OC)c2)cc(C(=O)OCC)c1. The third-order valence-electron chi connectivity index (χ3n) is 3.85. The Hall–Kier alpha value is -3.75. The predicted molar refractivity (Wildman–Crippen MR) is 111 cm³/mol. The van der Waals surface area contributed by atoms with Gasteiger partial charge in [-0.05, 0) is 44.2 Å². The molecular weight excluding hydrogens is 392 g/mol. The highest BCUT2D eigenvalue weighted by atomic mass is 16.5. The van der Waals surface area contributed by atoms with Crippen LogP contribution in [0.25, 0.3) is 0 Å². The van der Waals surface area contributed by atoms with Crippen LogP contribution in [-0.2, 0) is 9.47 Å². The average Bonchev–Trinajstić information content (AvgIpc) is 2.73. The third-order valence-corrected chi connectivity index (χ3v) is 3.85. The number of anilines is 2. The van der Waals surface area contributed by atoms with Crippen molar-refractivity contribution in [1.82, 2.24) is 0 Å². The molecule has 0 spiro atoms.